The van der Waals surface area contributed by atoms with Crippen molar-refractivity contribution in [3.63, 3.8) is 0 Å². The Labute approximate surface area is 140 Å². The van der Waals surface area contributed by atoms with Crippen molar-refractivity contribution < 1.29 is 4.74 Å². The van der Waals surface area contributed by atoms with Crippen molar-refractivity contribution in [2.75, 3.05) is 0 Å². The fourth-order valence-electron chi connectivity index (χ4n) is 2.17. The summed E-state index contributed by atoms with van der Waals surface area (Å²) in [7, 11) is 0. The molecule has 1 aromatic carbocycles. The van der Waals surface area contributed by atoms with Gasteiger partial charge in [-0.2, -0.15) is 5.26 Å². The van der Waals surface area contributed by atoms with Gasteiger partial charge in [0.1, 0.15) is 11.8 Å². The molecule has 0 amide bonds. The maximum absolute atomic E-state index is 9.30. The third-order valence-corrected chi connectivity index (χ3v) is 3.68. The third-order valence-electron chi connectivity index (χ3n) is 3.68. The van der Waals surface area contributed by atoms with Crippen LogP contribution in [0.3, 0.4) is 0 Å². The molecule has 2 nitrogen and oxygen atoms in total. The number of hydrogen-bond donors (Lipinski definition) is 0. The molecule has 0 aliphatic carbocycles. The van der Waals surface area contributed by atoms with Crippen molar-refractivity contribution in [3.8, 4) is 11.8 Å². The van der Waals surface area contributed by atoms with E-state index in [1.807, 2.05) is 39.0 Å². The molecule has 0 spiro atoms. The minimum atomic E-state index is 0.0674. The van der Waals surface area contributed by atoms with Crippen LogP contribution in [0.2, 0.25) is 0 Å². The van der Waals surface area contributed by atoms with Gasteiger partial charge in [-0.05, 0) is 70.7 Å². The zero-order valence-electron chi connectivity index (χ0n) is 14.9. The van der Waals surface area contributed by atoms with Crippen molar-refractivity contribution in [3.05, 3.63) is 64.8 Å². The molecule has 0 saturated carbocycles. The summed E-state index contributed by atoms with van der Waals surface area (Å²) in [5.74, 6) is 0.663. The molecular formula is C21H27NO. The summed E-state index contributed by atoms with van der Waals surface area (Å²) in [6.07, 6.45) is 6.22. The minimum Gasteiger partial charge on any atom is -0.490 e. The third kappa shape index (κ3) is 6.16. The average Bonchev–Trinajstić information content (AvgIpc) is 2.51. The van der Waals surface area contributed by atoms with E-state index in [0.717, 1.165) is 24.0 Å². The summed E-state index contributed by atoms with van der Waals surface area (Å²) in [5, 5.41) is 9.30. The molecule has 1 aromatic rings. The highest BCUT2D eigenvalue weighted by Gasteiger charge is 2.07. The summed E-state index contributed by atoms with van der Waals surface area (Å²) in [5.41, 5.74) is 5.33. The molecule has 0 atom stereocenters. The number of nitriles is 1. The van der Waals surface area contributed by atoms with Gasteiger partial charge in [-0.1, -0.05) is 35.9 Å². The summed E-state index contributed by atoms with van der Waals surface area (Å²) >= 11 is 0. The zero-order valence-corrected chi connectivity index (χ0v) is 14.9. The van der Waals surface area contributed by atoms with E-state index in [0.29, 0.717) is 11.3 Å². The van der Waals surface area contributed by atoms with E-state index in [1.165, 1.54) is 11.1 Å². The smallest absolute Gasteiger partial charge is 0.137 e. The van der Waals surface area contributed by atoms with Crippen LogP contribution in [0.1, 0.15) is 52.2 Å². The number of allylic oxidation sites excluding steroid dienone is 5. The number of hydrogen-bond acceptors (Lipinski definition) is 2. The Morgan fingerprint density at radius 2 is 2.04 bits per heavy atom. The van der Waals surface area contributed by atoms with Crippen molar-refractivity contribution in [2.24, 2.45) is 0 Å². The van der Waals surface area contributed by atoms with Crippen molar-refractivity contribution in [2.45, 2.75) is 53.6 Å². The van der Waals surface area contributed by atoms with Gasteiger partial charge in [0.15, 0.2) is 0 Å². The molecule has 1 rings (SSSR count). The van der Waals surface area contributed by atoms with Gasteiger partial charge in [-0.3, -0.25) is 0 Å². The Balaban J connectivity index is 2.84. The Kier molecular flexibility index (Phi) is 7.35. The maximum atomic E-state index is 9.30. The van der Waals surface area contributed by atoms with Gasteiger partial charge in [0.2, 0.25) is 0 Å². The standard InChI is InChI=1S/C21H27NO/c1-7-18(12-17(6)15(2)3)8-9-19-10-11-21(23-16(4)5)20(13-19)14-22/h7,10-13,16H,2,8-9H2,1,3-6H3/b17-12-,18-7?. The number of aryl methyl sites for hydroxylation is 1. The number of ether oxygens (including phenoxy) is 1. The Morgan fingerprint density at radius 1 is 1.35 bits per heavy atom. The summed E-state index contributed by atoms with van der Waals surface area (Å²) in [6, 6.07) is 8.10. The average molecular weight is 309 g/mol. The first-order chi connectivity index (χ1) is 10.9. The second kappa shape index (κ2) is 9.00. The predicted octanol–water partition coefficient (Wildman–Crippen LogP) is 5.75. The maximum Gasteiger partial charge on any atom is 0.137 e. The minimum absolute atomic E-state index is 0.0674. The van der Waals surface area contributed by atoms with Crippen LogP contribution in [-0.2, 0) is 6.42 Å². The van der Waals surface area contributed by atoms with E-state index >= 15 is 0 Å². The second-order valence-corrected chi connectivity index (χ2v) is 6.08. The lowest BCUT2D eigenvalue weighted by Gasteiger charge is -2.12. The van der Waals surface area contributed by atoms with E-state index in [1.54, 1.807) is 0 Å². The second-order valence-electron chi connectivity index (χ2n) is 6.08. The van der Waals surface area contributed by atoms with Crippen molar-refractivity contribution >= 4 is 0 Å². The first-order valence-corrected chi connectivity index (χ1v) is 8.06. The van der Waals surface area contributed by atoms with Crippen LogP contribution in [0.25, 0.3) is 0 Å². The molecular weight excluding hydrogens is 282 g/mol. The van der Waals surface area contributed by atoms with Gasteiger partial charge in [0.05, 0.1) is 11.7 Å². The van der Waals surface area contributed by atoms with E-state index in [-0.39, 0.29) is 6.10 Å². The topological polar surface area (TPSA) is 33.0 Å². The molecule has 122 valence electrons. The van der Waals surface area contributed by atoms with Crippen LogP contribution in [0.15, 0.2) is 53.6 Å². The number of benzene rings is 1. The Bertz CT molecular complexity index is 657. The summed E-state index contributed by atoms with van der Waals surface area (Å²) in [4.78, 5) is 0. The number of rotatable bonds is 7. The molecule has 23 heavy (non-hydrogen) atoms. The molecule has 0 unspecified atom stereocenters. The monoisotopic (exact) mass is 309 g/mol. The summed E-state index contributed by atoms with van der Waals surface area (Å²) in [6.45, 7) is 14.0. The number of nitrogens with zero attached hydrogens (tertiary/aromatic N) is 1. The van der Waals surface area contributed by atoms with Crippen LogP contribution in [0.5, 0.6) is 5.75 Å². The van der Waals surface area contributed by atoms with Crippen LogP contribution in [0.4, 0.5) is 0 Å². The van der Waals surface area contributed by atoms with Crippen LogP contribution >= 0.6 is 0 Å². The highest BCUT2D eigenvalue weighted by Crippen LogP contribution is 2.22. The lowest BCUT2D eigenvalue weighted by Crippen LogP contribution is -2.07. The van der Waals surface area contributed by atoms with E-state index in [9.17, 15) is 5.26 Å². The zero-order chi connectivity index (χ0) is 17.4. The Hall–Kier alpha value is -2.27. The highest BCUT2D eigenvalue weighted by atomic mass is 16.5. The molecule has 0 aromatic heterocycles. The molecule has 0 aliphatic rings. The SMILES string of the molecule is C=C(C)/C(C)=C\C(=CC)CCc1ccc(OC(C)C)c(C#N)c1. The van der Waals surface area contributed by atoms with Crippen molar-refractivity contribution in [1.29, 1.82) is 5.26 Å². The first kappa shape index (κ1) is 18.8. The molecule has 0 aliphatic heterocycles. The fraction of sp³-hybridized carbons (Fsp3) is 0.381. The quantitative estimate of drug-likeness (QED) is 0.601. The van der Waals surface area contributed by atoms with E-state index in [4.69, 9.17) is 4.74 Å². The van der Waals surface area contributed by atoms with Gasteiger partial charge in [0, 0.05) is 0 Å². The molecule has 0 N–H and O–H groups in total. The van der Waals surface area contributed by atoms with Gasteiger partial charge in [-0.25, -0.2) is 0 Å². The van der Waals surface area contributed by atoms with E-state index < -0.39 is 0 Å². The van der Waals surface area contributed by atoms with Crippen LogP contribution < -0.4 is 4.74 Å². The van der Waals surface area contributed by atoms with Gasteiger partial charge in [0.25, 0.3) is 0 Å². The lowest BCUT2D eigenvalue weighted by molar-refractivity contribution is 0.241. The summed E-state index contributed by atoms with van der Waals surface area (Å²) < 4.78 is 5.66. The fourth-order valence-corrected chi connectivity index (χ4v) is 2.17. The molecule has 0 bridgehead atoms. The lowest BCUT2D eigenvalue weighted by atomic mass is 9.99. The largest absolute Gasteiger partial charge is 0.490 e. The van der Waals surface area contributed by atoms with Gasteiger partial charge < -0.3 is 4.74 Å². The molecule has 0 saturated heterocycles. The van der Waals surface area contributed by atoms with Crippen LogP contribution in [0, 0.1) is 11.3 Å². The van der Waals surface area contributed by atoms with E-state index in [2.05, 4.69) is 38.6 Å². The molecule has 0 heterocycles. The normalized spacial score (nSPS) is 12.2. The predicted molar refractivity (Wildman–Crippen MR) is 97.6 cm³/mol. The van der Waals surface area contributed by atoms with Crippen LogP contribution in [-0.4, -0.2) is 6.10 Å². The molecule has 2 heteroatoms. The highest BCUT2D eigenvalue weighted by molar-refractivity contribution is 5.46. The van der Waals surface area contributed by atoms with Gasteiger partial charge >= 0.3 is 0 Å². The van der Waals surface area contributed by atoms with Crippen molar-refractivity contribution in [1.82, 2.24) is 0 Å². The molecule has 0 fully saturated rings. The molecule has 0 radical (unpaired) electrons. The Morgan fingerprint density at radius 3 is 2.57 bits per heavy atom. The first-order valence-electron chi connectivity index (χ1n) is 8.06. The van der Waals surface area contributed by atoms with Gasteiger partial charge in [-0.15, -0.1) is 0 Å².